The Morgan fingerprint density at radius 3 is 2.88 bits per heavy atom. The number of amides is 1. The van der Waals surface area contributed by atoms with E-state index in [-0.39, 0.29) is 11.8 Å². The number of carbonyl (C=O) groups excluding carboxylic acids is 1. The zero-order valence-corrected chi connectivity index (χ0v) is 10.5. The maximum atomic E-state index is 11.7. The molecule has 1 aromatic rings. The quantitative estimate of drug-likeness (QED) is 0.820. The normalized spacial score (nSPS) is 12.0. The predicted octanol–water partition coefficient (Wildman–Crippen LogP) is 1.96. The van der Waals surface area contributed by atoms with Gasteiger partial charge in [-0.25, -0.2) is 4.98 Å². The van der Waals surface area contributed by atoms with Gasteiger partial charge < -0.3 is 10.2 Å². The molecule has 1 aromatic heterocycles. The Morgan fingerprint density at radius 1 is 1.62 bits per heavy atom. The minimum atomic E-state index is -0.211. The van der Waals surface area contributed by atoms with Crippen LogP contribution < -0.4 is 10.2 Å². The van der Waals surface area contributed by atoms with Crippen molar-refractivity contribution < 1.29 is 4.79 Å². The van der Waals surface area contributed by atoms with Gasteiger partial charge in [0.25, 0.3) is 0 Å². The molecule has 0 aliphatic rings. The number of rotatable bonds is 4. The van der Waals surface area contributed by atoms with Crippen LogP contribution in [0.4, 0.5) is 11.5 Å². The van der Waals surface area contributed by atoms with Crippen molar-refractivity contribution in [3.63, 3.8) is 0 Å². The number of aromatic nitrogens is 1. The number of carbonyl (C=O) groups is 1. The first-order valence-corrected chi connectivity index (χ1v) is 5.59. The summed E-state index contributed by atoms with van der Waals surface area (Å²) in [5.41, 5.74) is 0.703. The summed E-state index contributed by atoms with van der Waals surface area (Å²) >= 11 is 5.63. The number of anilines is 2. The van der Waals surface area contributed by atoms with E-state index in [1.165, 1.54) is 0 Å². The highest BCUT2D eigenvalue weighted by Gasteiger charge is 2.14. The van der Waals surface area contributed by atoms with Crippen molar-refractivity contribution in [1.82, 2.24) is 4.98 Å². The zero-order chi connectivity index (χ0) is 12.1. The summed E-state index contributed by atoms with van der Waals surface area (Å²) in [7, 11) is 3.76. The first-order chi connectivity index (χ1) is 7.56. The molecule has 16 heavy (non-hydrogen) atoms. The maximum absolute atomic E-state index is 11.7. The lowest BCUT2D eigenvalue weighted by molar-refractivity contribution is -0.118. The van der Waals surface area contributed by atoms with E-state index in [2.05, 4.69) is 10.3 Å². The van der Waals surface area contributed by atoms with E-state index in [1.54, 1.807) is 19.2 Å². The monoisotopic (exact) mass is 241 g/mol. The molecule has 88 valence electrons. The zero-order valence-electron chi connectivity index (χ0n) is 9.70. The van der Waals surface area contributed by atoms with Gasteiger partial charge in [-0.2, -0.15) is 0 Å². The molecule has 0 aromatic carbocycles. The average molecular weight is 242 g/mol. The van der Waals surface area contributed by atoms with Crippen LogP contribution in [0.5, 0.6) is 0 Å². The third kappa shape index (κ3) is 3.10. The molecule has 0 aliphatic heterocycles. The summed E-state index contributed by atoms with van der Waals surface area (Å²) in [6.07, 6.45) is 1.69. The van der Waals surface area contributed by atoms with Crippen molar-refractivity contribution in [2.45, 2.75) is 6.92 Å². The second-order valence-electron chi connectivity index (χ2n) is 3.81. The molecule has 4 nitrogen and oxygen atoms in total. The van der Waals surface area contributed by atoms with Gasteiger partial charge in [-0.05, 0) is 12.1 Å². The maximum Gasteiger partial charge on any atom is 0.228 e. The van der Waals surface area contributed by atoms with Crippen molar-refractivity contribution in [1.29, 1.82) is 0 Å². The van der Waals surface area contributed by atoms with E-state index in [0.717, 1.165) is 5.82 Å². The Hall–Kier alpha value is -1.29. The molecular weight excluding hydrogens is 226 g/mol. The average Bonchev–Trinajstić information content (AvgIpc) is 2.28. The van der Waals surface area contributed by atoms with E-state index in [9.17, 15) is 4.79 Å². The van der Waals surface area contributed by atoms with Crippen molar-refractivity contribution in [3.8, 4) is 0 Å². The van der Waals surface area contributed by atoms with E-state index >= 15 is 0 Å². The molecule has 1 heterocycles. The van der Waals surface area contributed by atoms with Gasteiger partial charge in [-0.15, -0.1) is 11.6 Å². The molecule has 0 spiro atoms. The standard InChI is InChI=1S/C11H16ClN3O/c1-8(7-12)11(16)14-9-5-4-6-13-10(9)15(2)3/h4-6,8H,7H2,1-3H3,(H,14,16). The second-order valence-corrected chi connectivity index (χ2v) is 4.12. The van der Waals surface area contributed by atoms with E-state index in [1.807, 2.05) is 25.1 Å². The van der Waals surface area contributed by atoms with Crippen molar-refractivity contribution >= 4 is 29.0 Å². The molecular formula is C11H16ClN3O. The molecule has 0 fully saturated rings. The van der Waals surface area contributed by atoms with Crippen LogP contribution in [0.1, 0.15) is 6.92 Å². The summed E-state index contributed by atoms with van der Waals surface area (Å²) in [6, 6.07) is 3.61. The first kappa shape index (κ1) is 12.8. The lowest BCUT2D eigenvalue weighted by Gasteiger charge is -2.17. The van der Waals surface area contributed by atoms with Gasteiger partial charge in [0, 0.05) is 32.1 Å². The van der Waals surface area contributed by atoms with Crippen LogP contribution in [0.2, 0.25) is 0 Å². The lowest BCUT2D eigenvalue weighted by atomic mass is 10.2. The molecule has 1 unspecified atom stereocenters. The highest BCUT2D eigenvalue weighted by atomic mass is 35.5. The molecule has 0 aliphatic carbocycles. The number of hydrogen-bond donors (Lipinski definition) is 1. The van der Waals surface area contributed by atoms with Crippen molar-refractivity contribution in [2.75, 3.05) is 30.2 Å². The SMILES string of the molecule is CC(CCl)C(=O)Nc1cccnc1N(C)C. The van der Waals surface area contributed by atoms with Crippen LogP contribution in [0.25, 0.3) is 0 Å². The topological polar surface area (TPSA) is 45.2 Å². The minimum absolute atomic E-state index is 0.0916. The molecule has 1 amide bonds. The summed E-state index contributed by atoms with van der Waals surface area (Å²) < 4.78 is 0. The molecule has 0 saturated carbocycles. The van der Waals surface area contributed by atoms with Crippen molar-refractivity contribution in [2.24, 2.45) is 5.92 Å². The number of halogens is 1. The van der Waals surface area contributed by atoms with Crippen LogP contribution in [-0.4, -0.2) is 30.9 Å². The first-order valence-electron chi connectivity index (χ1n) is 5.05. The Kier molecular flexibility index (Phi) is 4.55. The largest absolute Gasteiger partial charge is 0.361 e. The predicted molar refractivity (Wildman–Crippen MR) is 67.1 cm³/mol. The lowest BCUT2D eigenvalue weighted by Crippen LogP contribution is -2.23. The fourth-order valence-electron chi connectivity index (χ4n) is 1.18. The third-order valence-electron chi connectivity index (χ3n) is 2.15. The molecule has 0 radical (unpaired) electrons. The van der Waals surface area contributed by atoms with Gasteiger partial charge in [-0.3, -0.25) is 4.79 Å². The minimum Gasteiger partial charge on any atom is -0.361 e. The number of nitrogens with one attached hydrogen (secondary N) is 1. The smallest absolute Gasteiger partial charge is 0.228 e. The van der Waals surface area contributed by atoms with E-state index in [0.29, 0.717) is 11.6 Å². The molecule has 1 rings (SSSR count). The number of hydrogen-bond acceptors (Lipinski definition) is 3. The molecule has 0 bridgehead atoms. The highest BCUT2D eigenvalue weighted by molar-refractivity contribution is 6.19. The molecule has 5 heteroatoms. The fourth-order valence-corrected chi connectivity index (χ4v) is 1.32. The summed E-state index contributed by atoms with van der Waals surface area (Å²) in [5, 5.41) is 2.82. The molecule has 0 saturated heterocycles. The van der Waals surface area contributed by atoms with Gasteiger partial charge >= 0.3 is 0 Å². The second kappa shape index (κ2) is 5.70. The van der Waals surface area contributed by atoms with Crippen LogP contribution in [-0.2, 0) is 4.79 Å². The van der Waals surface area contributed by atoms with Gasteiger partial charge in [0.1, 0.15) is 0 Å². The van der Waals surface area contributed by atoms with Crippen LogP contribution in [0.3, 0.4) is 0 Å². The highest BCUT2D eigenvalue weighted by Crippen LogP contribution is 2.20. The van der Waals surface area contributed by atoms with Crippen LogP contribution in [0, 0.1) is 5.92 Å². The molecule has 1 N–H and O–H groups in total. The number of alkyl halides is 1. The third-order valence-corrected chi connectivity index (χ3v) is 2.61. The van der Waals surface area contributed by atoms with Crippen LogP contribution in [0.15, 0.2) is 18.3 Å². The van der Waals surface area contributed by atoms with Gasteiger partial charge in [0.2, 0.25) is 5.91 Å². The van der Waals surface area contributed by atoms with Crippen molar-refractivity contribution in [3.05, 3.63) is 18.3 Å². The van der Waals surface area contributed by atoms with Crippen LogP contribution >= 0.6 is 11.6 Å². The summed E-state index contributed by atoms with van der Waals surface area (Å²) in [6.45, 7) is 1.79. The Balaban J connectivity index is 2.84. The van der Waals surface area contributed by atoms with E-state index in [4.69, 9.17) is 11.6 Å². The summed E-state index contributed by atoms with van der Waals surface area (Å²) in [5.74, 6) is 0.740. The van der Waals surface area contributed by atoms with Gasteiger partial charge in [-0.1, -0.05) is 6.92 Å². The number of nitrogens with zero attached hydrogens (tertiary/aromatic N) is 2. The number of pyridine rings is 1. The van der Waals surface area contributed by atoms with Gasteiger partial charge in [0.15, 0.2) is 5.82 Å². The summed E-state index contributed by atoms with van der Waals surface area (Å²) in [4.78, 5) is 17.7. The fraction of sp³-hybridized carbons (Fsp3) is 0.455. The van der Waals surface area contributed by atoms with E-state index < -0.39 is 0 Å². The Labute approximate surface area is 101 Å². The molecule has 1 atom stereocenters. The van der Waals surface area contributed by atoms with Gasteiger partial charge in [0.05, 0.1) is 5.69 Å². The Morgan fingerprint density at radius 2 is 2.31 bits per heavy atom. The Bertz CT molecular complexity index is 368.